The molecule has 0 saturated heterocycles. The predicted octanol–water partition coefficient (Wildman–Crippen LogP) is 4.49. The fourth-order valence-corrected chi connectivity index (χ4v) is 3.58. The summed E-state index contributed by atoms with van der Waals surface area (Å²) in [6, 6.07) is 16.6. The molecule has 0 fully saturated rings. The van der Waals surface area contributed by atoms with Gasteiger partial charge in [0.05, 0.1) is 29.6 Å². The van der Waals surface area contributed by atoms with Gasteiger partial charge in [-0.3, -0.25) is 14.9 Å². The minimum Gasteiger partial charge on any atom is -0.497 e. The van der Waals surface area contributed by atoms with E-state index in [0.717, 1.165) is 9.71 Å². The third-order valence-corrected chi connectivity index (χ3v) is 5.07. The third-order valence-electron chi connectivity index (χ3n) is 4.07. The van der Waals surface area contributed by atoms with Gasteiger partial charge in [-0.15, -0.1) is 0 Å². The smallest absolute Gasteiger partial charge is 0.433 e. The summed E-state index contributed by atoms with van der Waals surface area (Å²) in [5.41, 5.74) is 1.10. The molecule has 0 unspecified atom stereocenters. The number of carbonyl (C=O) groups excluding carboxylic acids is 1. The summed E-state index contributed by atoms with van der Waals surface area (Å²) in [6.45, 7) is 0. The molecule has 2 aromatic carbocycles. The Morgan fingerprint density at radius 3 is 2.73 bits per heavy atom. The molecule has 2 heterocycles. The zero-order valence-corrected chi connectivity index (χ0v) is 16.4. The van der Waals surface area contributed by atoms with Gasteiger partial charge in [0.1, 0.15) is 10.7 Å². The molecule has 9 nitrogen and oxygen atoms in total. The molecule has 150 valence electrons. The zero-order valence-electron chi connectivity index (χ0n) is 15.6. The van der Waals surface area contributed by atoms with Crippen LogP contribution in [-0.2, 0) is 0 Å². The van der Waals surface area contributed by atoms with Crippen LogP contribution in [0.25, 0.3) is 10.2 Å². The van der Waals surface area contributed by atoms with Crippen molar-refractivity contribution in [3.8, 4) is 5.75 Å². The molecule has 4 aromatic rings. The highest BCUT2D eigenvalue weighted by Crippen LogP contribution is 2.32. The molecule has 0 saturated carbocycles. The lowest BCUT2D eigenvalue weighted by Gasteiger charge is -2.13. The molecule has 2 aromatic heterocycles. The van der Waals surface area contributed by atoms with Crippen LogP contribution in [0.15, 0.2) is 70.2 Å². The molecular weight excluding hydrogens is 408 g/mol. The molecule has 10 heteroatoms. The Kier molecular flexibility index (Phi) is 5.22. The fraction of sp³-hybridized carbons (Fsp3) is 0.0500. The Bertz CT molecular complexity index is 1250. The van der Waals surface area contributed by atoms with Gasteiger partial charge in [-0.25, -0.2) is 4.98 Å². The van der Waals surface area contributed by atoms with Gasteiger partial charge in [-0.1, -0.05) is 29.5 Å². The molecule has 30 heavy (non-hydrogen) atoms. The largest absolute Gasteiger partial charge is 0.497 e. The van der Waals surface area contributed by atoms with Gasteiger partial charge in [0, 0.05) is 5.56 Å². The third kappa shape index (κ3) is 3.89. The summed E-state index contributed by atoms with van der Waals surface area (Å²) in [5, 5.41) is 16.5. The second kappa shape index (κ2) is 8.13. The van der Waals surface area contributed by atoms with E-state index in [1.54, 1.807) is 49.6 Å². The van der Waals surface area contributed by atoms with Crippen LogP contribution in [0.2, 0.25) is 0 Å². The van der Waals surface area contributed by atoms with Gasteiger partial charge in [0.2, 0.25) is 5.13 Å². The zero-order chi connectivity index (χ0) is 21.1. The molecule has 0 aliphatic heterocycles. The number of fused-ring (bicyclic) bond motifs is 1. The Morgan fingerprint density at radius 1 is 1.23 bits per heavy atom. The molecule has 0 radical (unpaired) electrons. The number of nitro groups is 1. The van der Waals surface area contributed by atoms with Crippen molar-refractivity contribution < 1.29 is 18.9 Å². The number of hydrogen-bond acceptors (Lipinski definition) is 8. The lowest BCUT2D eigenvalue weighted by molar-refractivity contribution is -0.402. The van der Waals surface area contributed by atoms with Crippen LogP contribution in [0.1, 0.15) is 16.1 Å². The highest BCUT2D eigenvalue weighted by Gasteiger charge is 2.21. The first kappa shape index (κ1) is 19.3. The summed E-state index contributed by atoms with van der Waals surface area (Å²) >= 11 is 1.26. The van der Waals surface area contributed by atoms with E-state index in [9.17, 15) is 14.9 Å². The Balaban J connectivity index is 1.74. The summed E-state index contributed by atoms with van der Waals surface area (Å²) < 4.78 is 11.1. The number of ether oxygens (including phenoxy) is 1. The van der Waals surface area contributed by atoms with E-state index in [-0.39, 0.29) is 5.76 Å². The van der Waals surface area contributed by atoms with Gasteiger partial charge in [0.25, 0.3) is 5.91 Å². The van der Waals surface area contributed by atoms with E-state index in [0.29, 0.717) is 22.0 Å². The van der Waals surface area contributed by atoms with E-state index in [1.807, 2.05) is 6.07 Å². The summed E-state index contributed by atoms with van der Waals surface area (Å²) in [6.07, 6.45) is 1.24. The van der Waals surface area contributed by atoms with Crippen LogP contribution in [0.4, 0.5) is 11.0 Å². The summed E-state index contributed by atoms with van der Waals surface area (Å²) in [5.74, 6) is -0.0104. The molecule has 0 aliphatic carbocycles. The number of hydrazone groups is 1. The van der Waals surface area contributed by atoms with Crippen molar-refractivity contribution in [2.75, 3.05) is 12.1 Å². The average Bonchev–Trinajstić information content (AvgIpc) is 3.41. The van der Waals surface area contributed by atoms with Crippen molar-refractivity contribution in [1.82, 2.24) is 4.98 Å². The maximum Gasteiger partial charge on any atom is 0.433 e. The van der Waals surface area contributed by atoms with E-state index < -0.39 is 16.7 Å². The first-order valence-electron chi connectivity index (χ1n) is 8.67. The van der Waals surface area contributed by atoms with Crippen LogP contribution in [-0.4, -0.2) is 29.1 Å². The molecule has 0 N–H and O–H groups in total. The van der Waals surface area contributed by atoms with Crippen molar-refractivity contribution >= 4 is 44.7 Å². The van der Waals surface area contributed by atoms with Crippen LogP contribution >= 0.6 is 11.3 Å². The number of methoxy groups -OCH3 is 1. The van der Waals surface area contributed by atoms with E-state index in [4.69, 9.17) is 9.15 Å². The van der Waals surface area contributed by atoms with Gasteiger partial charge in [-0.2, -0.15) is 10.1 Å². The SMILES string of the molecule is COc1ccc2nc(N(/N=C/c3ccc([N+](=O)[O-])o3)C(=O)c3ccccc3)sc2c1. The van der Waals surface area contributed by atoms with Crippen molar-refractivity contribution in [2.24, 2.45) is 5.10 Å². The van der Waals surface area contributed by atoms with Crippen LogP contribution < -0.4 is 9.75 Å². The van der Waals surface area contributed by atoms with Crippen LogP contribution in [0.5, 0.6) is 5.75 Å². The number of furan rings is 1. The number of anilines is 1. The lowest BCUT2D eigenvalue weighted by atomic mass is 10.2. The van der Waals surface area contributed by atoms with Gasteiger partial charge in [-0.05, 0) is 36.4 Å². The second-order valence-electron chi connectivity index (χ2n) is 5.99. The standard InChI is InChI=1S/C20H14N4O5S/c1-28-14-7-9-16-17(11-14)30-20(22-16)23(19(25)13-5-3-2-4-6-13)21-12-15-8-10-18(29-15)24(26)27/h2-12H,1H3/b21-12+. The number of thiazole rings is 1. The topological polar surface area (TPSA) is 111 Å². The van der Waals surface area contributed by atoms with Gasteiger partial charge >= 0.3 is 5.88 Å². The number of hydrogen-bond donors (Lipinski definition) is 0. The van der Waals surface area contributed by atoms with Crippen LogP contribution in [0, 0.1) is 10.1 Å². The van der Waals surface area contributed by atoms with Crippen molar-refractivity contribution in [3.63, 3.8) is 0 Å². The second-order valence-corrected chi connectivity index (χ2v) is 7.00. The van der Waals surface area contributed by atoms with Crippen molar-refractivity contribution in [3.05, 3.63) is 82.1 Å². The Hall–Kier alpha value is -4.05. The molecule has 4 rings (SSSR count). The molecular formula is C20H14N4O5S. The van der Waals surface area contributed by atoms with Crippen molar-refractivity contribution in [2.45, 2.75) is 0 Å². The summed E-state index contributed by atoms with van der Waals surface area (Å²) in [7, 11) is 1.57. The predicted molar refractivity (Wildman–Crippen MR) is 112 cm³/mol. The minimum atomic E-state index is -0.648. The van der Waals surface area contributed by atoms with E-state index in [1.165, 1.54) is 29.7 Å². The highest BCUT2D eigenvalue weighted by molar-refractivity contribution is 7.22. The van der Waals surface area contributed by atoms with Gasteiger partial charge in [0.15, 0.2) is 5.76 Å². The average molecular weight is 422 g/mol. The molecule has 0 spiro atoms. The minimum absolute atomic E-state index is 0.135. The van der Waals surface area contributed by atoms with E-state index in [2.05, 4.69) is 10.1 Å². The maximum absolute atomic E-state index is 13.1. The number of aromatic nitrogens is 1. The number of rotatable bonds is 6. The number of benzene rings is 2. The van der Waals surface area contributed by atoms with E-state index >= 15 is 0 Å². The first-order chi connectivity index (χ1) is 14.5. The Labute approximate surface area is 174 Å². The molecule has 0 aliphatic rings. The number of nitrogens with zero attached hydrogens (tertiary/aromatic N) is 4. The number of carbonyl (C=O) groups is 1. The van der Waals surface area contributed by atoms with Crippen molar-refractivity contribution in [1.29, 1.82) is 0 Å². The Morgan fingerprint density at radius 2 is 2.03 bits per heavy atom. The normalized spacial score (nSPS) is 11.1. The molecule has 0 bridgehead atoms. The molecule has 1 amide bonds. The van der Waals surface area contributed by atoms with Gasteiger partial charge < -0.3 is 9.15 Å². The lowest BCUT2D eigenvalue weighted by Crippen LogP contribution is -2.25. The first-order valence-corrected chi connectivity index (χ1v) is 9.49. The van der Waals surface area contributed by atoms with Crippen LogP contribution in [0.3, 0.4) is 0 Å². The molecule has 0 atom stereocenters. The number of amides is 1. The monoisotopic (exact) mass is 422 g/mol. The maximum atomic E-state index is 13.1. The highest BCUT2D eigenvalue weighted by atomic mass is 32.1. The quantitative estimate of drug-likeness (QED) is 0.257. The fourth-order valence-electron chi connectivity index (χ4n) is 2.63. The summed E-state index contributed by atoms with van der Waals surface area (Å²) in [4.78, 5) is 27.7.